The maximum Gasteiger partial charge on any atom is 0.209 e. The molecule has 3 N–H and O–H groups in total. The van der Waals surface area contributed by atoms with Crippen molar-refractivity contribution >= 4 is 29.4 Å². The molecule has 0 bridgehead atoms. The molecule has 1 saturated carbocycles. The summed E-state index contributed by atoms with van der Waals surface area (Å²) in [4.78, 5) is 13.2. The number of nitrogens with zero attached hydrogens (tertiary/aromatic N) is 4. The summed E-state index contributed by atoms with van der Waals surface area (Å²) in [6, 6.07) is 6.07. The summed E-state index contributed by atoms with van der Waals surface area (Å²) in [7, 11) is 1.81. The SMILES string of the molecule is Cl.Cn1c(-c2ccc(F)cc2)nc2c(N)nc(C#CC3(O)CCCCC3)nc21. The number of nitrogens with two attached hydrogens (primary N) is 1. The van der Waals surface area contributed by atoms with Crippen LogP contribution >= 0.6 is 12.4 Å². The molecule has 3 aromatic rings. The van der Waals surface area contributed by atoms with E-state index in [2.05, 4.69) is 26.8 Å². The minimum atomic E-state index is -0.975. The van der Waals surface area contributed by atoms with Crippen LogP contribution in [0.3, 0.4) is 0 Å². The van der Waals surface area contributed by atoms with Gasteiger partial charge in [0.15, 0.2) is 17.0 Å². The number of nitrogen functional groups attached to an aromatic ring is 1. The third kappa shape index (κ3) is 3.79. The van der Waals surface area contributed by atoms with Crippen molar-refractivity contribution in [2.45, 2.75) is 37.7 Å². The number of hydrogen-bond donors (Lipinski definition) is 2. The van der Waals surface area contributed by atoms with Crippen LogP contribution in [0, 0.1) is 17.7 Å². The van der Waals surface area contributed by atoms with Crippen LogP contribution in [0.1, 0.15) is 37.9 Å². The highest BCUT2D eigenvalue weighted by Gasteiger charge is 2.26. The normalized spacial score (nSPS) is 15.5. The van der Waals surface area contributed by atoms with E-state index in [9.17, 15) is 9.50 Å². The summed E-state index contributed by atoms with van der Waals surface area (Å²) in [6.07, 6.45) is 4.39. The number of aliphatic hydroxyl groups is 1. The van der Waals surface area contributed by atoms with Crippen LogP contribution in [0.4, 0.5) is 10.2 Å². The zero-order chi connectivity index (χ0) is 19.0. The Labute approximate surface area is 168 Å². The van der Waals surface area contributed by atoms with Gasteiger partial charge in [0.05, 0.1) is 0 Å². The van der Waals surface area contributed by atoms with E-state index in [4.69, 9.17) is 5.73 Å². The van der Waals surface area contributed by atoms with Gasteiger partial charge in [0, 0.05) is 12.6 Å². The summed E-state index contributed by atoms with van der Waals surface area (Å²) < 4.78 is 15.0. The number of benzene rings is 1. The van der Waals surface area contributed by atoms with Gasteiger partial charge < -0.3 is 15.4 Å². The first-order chi connectivity index (χ1) is 13.0. The van der Waals surface area contributed by atoms with Crippen molar-refractivity contribution in [1.29, 1.82) is 0 Å². The van der Waals surface area contributed by atoms with Gasteiger partial charge in [0.25, 0.3) is 0 Å². The molecule has 8 heteroatoms. The number of imidazole rings is 1. The second-order valence-corrected chi connectivity index (χ2v) is 6.95. The molecule has 0 radical (unpaired) electrons. The van der Waals surface area contributed by atoms with Gasteiger partial charge in [-0.2, -0.15) is 0 Å². The van der Waals surface area contributed by atoms with E-state index in [1.54, 1.807) is 16.7 Å². The second-order valence-electron chi connectivity index (χ2n) is 6.95. The van der Waals surface area contributed by atoms with Gasteiger partial charge in [0.1, 0.15) is 17.2 Å². The van der Waals surface area contributed by atoms with E-state index in [1.165, 1.54) is 12.1 Å². The third-order valence-corrected chi connectivity index (χ3v) is 4.94. The Balaban J connectivity index is 0.00000225. The molecule has 0 atom stereocenters. The van der Waals surface area contributed by atoms with Crippen molar-refractivity contribution < 1.29 is 9.50 Å². The fraction of sp³-hybridized carbons (Fsp3) is 0.350. The molecule has 4 rings (SSSR count). The molecule has 1 aromatic carbocycles. The lowest BCUT2D eigenvalue weighted by atomic mass is 9.85. The van der Waals surface area contributed by atoms with Gasteiger partial charge >= 0.3 is 0 Å². The summed E-state index contributed by atoms with van der Waals surface area (Å²) in [5.74, 6) is 6.59. The van der Waals surface area contributed by atoms with E-state index < -0.39 is 5.60 Å². The number of aryl methyl sites for hydroxylation is 1. The van der Waals surface area contributed by atoms with Gasteiger partial charge in [-0.3, -0.25) is 0 Å². The topological polar surface area (TPSA) is 89.9 Å². The molecule has 0 spiro atoms. The van der Waals surface area contributed by atoms with Gasteiger partial charge in [-0.25, -0.2) is 19.3 Å². The zero-order valence-electron chi connectivity index (χ0n) is 15.4. The molecule has 6 nitrogen and oxygen atoms in total. The molecule has 0 unspecified atom stereocenters. The molecule has 28 heavy (non-hydrogen) atoms. The van der Waals surface area contributed by atoms with Crippen LogP contribution < -0.4 is 5.73 Å². The van der Waals surface area contributed by atoms with E-state index >= 15 is 0 Å². The lowest BCUT2D eigenvalue weighted by molar-refractivity contribution is 0.0610. The molecule has 2 aromatic heterocycles. The minimum Gasteiger partial charge on any atom is -0.382 e. The molecule has 0 saturated heterocycles. The number of halogens is 2. The molecule has 146 valence electrons. The first-order valence-electron chi connectivity index (χ1n) is 8.97. The average molecular weight is 402 g/mol. The molecule has 1 aliphatic rings. The zero-order valence-corrected chi connectivity index (χ0v) is 16.3. The van der Waals surface area contributed by atoms with E-state index in [1.807, 2.05) is 7.05 Å². The van der Waals surface area contributed by atoms with Crippen LogP contribution in [0.25, 0.3) is 22.6 Å². The van der Waals surface area contributed by atoms with Crippen molar-refractivity contribution in [3.63, 3.8) is 0 Å². The Kier molecular flexibility index (Phi) is 5.54. The fourth-order valence-corrected chi connectivity index (χ4v) is 3.43. The van der Waals surface area contributed by atoms with Crippen molar-refractivity contribution in [3.8, 4) is 23.2 Å². The van der Waals surface area contributed by atoms with Crippen molar-refractivity contribution in [3.05, 3.63) is 35.9 Å². The van der Waals surface area contributed by atoms with E-state index in [-0.39, 0.29) is 29.9 Å². The van der Waals surface area contributed by atoms with Gasteiger partial charge in [0.2, 0.25) is 5.82 Å². The van der Waals surface area contributed by atoms with Crippen LogP contribution in [0.5, 0.6) is 0 Å². The fourth-order valence-electron chi connectivity index (χ4n) is 3.43. The van der Waals surface area contributed by atoms with Gasteiger partial charge in [-0.15, -0.1) is 12.4 Å². The second kappa shape index (κ2) is 7.74. The van der Waals surface area contributed by atoms with E-state index in [0.29, 0.717) is 29.8 Å². The predicted octanol–water partition coefficient (Wildman–Crippen LogP) is 3.22. The highest BCUT2D eigenvalue weighted by atomic mass is 35.5. The van der Waals surface area contributed by atoms with Crippen molar-refractivity contribution in [2.75, 3.05) is 5.73 Å². The summed E-state index contributed by atoms with van der Waals surface area (Å²) in [5, 5.41) is 10.5. The number of aromatic nitrogens is 4. The highest BCUT2D eigenvalue weighted by molar-refractivity contribution is 5.86. The summed E-state index contributed by atoms with van der Waals surface area (Å²) in [5.41, 5.74) is 6.86. The Hall–Kier alpha value is -2.69. The molecule has 1 fully saturated rings. The van der Waals surface area contributed by atoms with Crippen molar-refractivity contribution in [2.24, 2.45) is 7.05 Å². The van der Waals surface area contributed by atoms with Crippen LogP contribution in [0.15, 0.2) is 24.3 Å². The number of fused-ring (bicyclic) bond motifs is 1. The van der Waals surface area contributed by atoms with Crippen molar-refractivity contribution in [1.82, 2.24) is 19.5 Å². The Morgan fingerprint density at radius 1 is 1.11 bits per heavy atom. The monoisotopic (exact) mass is 401 g/mol. The maximum atomic E-state index is 13.2. The summed E-state index contributed by atoms with van der Waals surface area (Å²) >= 11 is 0. The molecule has 2 heterocycles. The quantitative estimate of drug-likeness (QED) is 0.611. The lowest BCUT2D eigenvalue weighted by Gasteiger charge is -2.26. The largest absolute Gasteiger partial charge is 0.382 e. The molecule has 1 aliphatic carbocycles. The van der Waals surface area contributed by atoms with Gasteiger partial charge in [-0.1, -0.05) is 12.3 Å². The highest BCUT2D eigenvalue weighted by Crippen LogP contribution is 2.28. The summed E-state index contributed by atoms with van der Waals surface area (Å²) in [6.45, 7) is 0. The maximum absolute atomic E-state index is 13.2. The van der Waals surface area contributed by atoms with E-state index in [0.717, 1.165) is 24.8 Å². The molecular formula is C20H21ClFN5O. The first-order valence-corrected chi connectivity index (χ1v) is 8.97. The Morgan fingerprint density at radius 2 is 1.79 bits per heavy atom. The van der Waals surface area contributed by atoms with Crippen LogP contribution in [0.2, 0.25) is 0 Å². The van der Waals surface area contributed by atoms with Gasteiger partial charge in [-0.05, 0) is 55.9 Å². The smallest absolute Gasteiger partial charge is 0.209 e. The first kappa shape index (κ1) is 20.1. The number of anilines is 1. The number of hydrogen-bond acceptors (Lipinski definition) is 5. The minimum absolute atomic E-state index is 0. The lowest BCUT2D eigenvalue weighted by Crippen LogP contribution is -2.29. The Bertz CT molecular complexity index is 1060. The Morgan fingerprint density at radius 3 is 2.46 bits per heavy atom. The average Bonchev–Trinajstić information content (AvgIpc) is 2.99. The predicted molar refractivity (Wildman–Crippen MR) is 108 cm³/mol. The third-order valence-electron chi connectivity index (χ3n) is 4.94. The number of rotatable bonds is 1. The van der Waals surface area contributed by atoms with Crippen LogP contribution in [-0.2, 0) is 7.05 Å². The standard InChI is InChI=1S/C20H20FN5O.ClH/c1-26-18(13-5-7-14(21)8-6-13)25-16-17(22)23-15(24-19(16)26)9-12-20(27)10-3-2-4-11-20;/h5-8,27H,2-4,10-11H2,1H3,(H2,22,23,24);1H. The van der Waals surface area contributed by atoms with Crippen LogP contribution in [-0.4, -0.2) is 30.2 Å². The molecular weight excluding hydrogens is 381 g/mol. The molecule has 0 aliphatic heterocycles. The molecule has 0 amide bonds.